The van der Waals surface area contributed by atoms with Gasteiger partial charge in [-0.1, -0.05) is 39.8 Å². The number of hydrogen-bond acceptors (Lipinski definition) is 4. The van der Waals surface area contributed by atoms with E-state index in [0.717, 1.165) is 12.8 Å². The number of hydrogen-bond donors (Lipinski definition) is 1. The van der Waals surface area contributed by atoms with Gasteiger partial charge in [0.15, 0.2) is 0 Å². The number of allylic oxidation sites excluding steroid dienone is 2. The molecule has 0 aromatic carbocycles. The Bertz CT molecular complexity index is 399. The summed E-state index contributed by atoms with van der Waals surface area (Å²) in [6.45, 7) is 17.4. The van der Waals surface area contributed by atoms with Crippen molar-refractivity contribution >= 4 is 11.9 Å². The summed E-state index contributed by atoms with van der Waals surface area (Å²) in [5.41, 5.74) is -0.903. The number of esters is 1. The third-order valence-corrected chi connectivity index (χ3v) is 4.94. The molecule has 26 heavy (non-hydrogen) atoms. The fraction of sp³-hybridized carbons (Fsp3) is 0.700. The van der Waals surface area contributed by atoms with E-state index in [-0.39, 0.29) is 46.4 Å². The van der Waals surface area contributed by atoms with Crippen molar-refractivity contribution in [2.45, 2.75) is 73.1 Å². The second-order valence-corrected chi connectivity index (χ2v) is 5.99. The summed E-state index contributed by atoms with van der Waals surface area (Å²) in [6, 6.07) is 0. The van der Waals surface area contributed by atoms with E-state index in [1.165, 1.54) is 0 Å². The van der Waals surface area contributed by atoms with Crippen molar-refractivity contribution in [3.8, 4) is 0 Å². The molecule has 148 valence electrons. The molecule has 0 saturated heterocycles. The Hall–Kier alpha value is -0.620. The van der Waals surface area contributed by atoms with Crippen molar-refractivity contribution in [3.05, 3.63) is 25.3 Å². The van der Waals surface area contributed by atoms with Crippen molar-refractivity contribution in [1.29, 1.82) is 0 Å². The van der Waals surface area contributed by atoms with Crippen LogP contribution in [0.3, 0.4) is 0 Å². The fourth-order valence-corrected chi connectivity index (χ4v) is 2.68. The molecule has 0 radical (unpaired) electrons. The maximum atomic E-state index is 11.6. The first-order valence-corrected chi connectivity index (χ1v) is 8.91. The second-order valence-electron chi connectivity index (χ2n) is 5.99. The van der Waals surface area contributed by atoms with E-state index >= 15 is 0 Å². The topological polar surface area (TPSA) is 93.6 Å². The number of carbonyl (C=O) groups is 2. The molecule has 0 aromatic heterocycles. The van der Waals surface area contributed by atoms with Crippen LogP contribution in [0.15, 0.2) is 25.3 Å². The number of carboxylic acids is 1. The monoisotopic (exact) mass is 380 g/mol. The molecule has 5 nitrogen and oxygen atoms in total. The molecule has 0 aromatic rings. The van der Waals surface area contributed by atoms with Gasteiger partial charge < -0.3 is 15.3 Å². The Labute approximate surface area is 181 Å². The Kier molecular flexibility index (Phi) is 22.6. The van der Waals surface area contributed by atoms with Gasteiger partial charge in [-0.15, -0.1) is 13.2 Å². The minimum atomic E-state index is -0.706. The van der Waals surface area contributed by atoms with E-state index in [1.54, 1.807) is 12.2 Å². The van der Waals surface area contributed by atoms with E-state index in [1.807, 2.05) is 34.6 Å². The third-order valence-electron chi connectivity index (χ3n) is 4.94. The van der Waals surface area contributed by atoms with Crippen molar-refractivity contribution in [1.82, 2.24) is 0 Å². The molecule has 2 N–H and O–H groups in total. The van der Waals surface area contributed by atoms with Crippen LogP contribution >= 0.6 is 0 Å². The number of aliphatic carboxylic acids is 1. The summed E-state index contributed by atoms with van der Waals surface area (Å²) in [5, 5.41) is 8.91. The zero-order valence-corrected chi connectivity index (χ0v) is 19.6. The van der Waals surface area contributed by atoms with E-state index in [4.69, 9.17) is 9.84 Å². The Balaban J connectivity index is -0.000000175. The van der Waals surface area contributed by atoms with Gasteiger partial charge in [-0.05, 0) is 45.4 Å². The Morgan fingerprint density at radius 3 is 1.42 bits per heavy atom. The third kappa shape index (κ3) is 9.91. The van der Waals surface area contributed by atoms with Crippen LogP contribution in [-0.2, 0) is 14.3 Å². The first kappa shape index (κ1) is 33.0. The maximum Gasteiger partial charge on any atom is 1.00 e. The van der Waals surface area contributed by atoms with E-state index in [0.29, 0.717) is 32.3 Å². The average Bonchev–Trinajstić information content (AvgIpc) is 2.58. The zero-order valence-electron chi connectivity index (χ0n) is 17.6. The molecule has 0 heterocycles. The minimum Gasteiger partial charge on any atom is -0.870 e. The van der Waals surface area contributed by atoms with Crippen LogP contribution in [0.5, 0.6) is 0 Å². The molecule has 0 amide bonds. The van der Waals surface area contributed by atoms with E-state index in [2.05, 4.69) is 13.2 Å². The summed E-state index contributed by atoms with van der Waals surface area (Å²) in [4.78, 5) is 22.5. The summed E-state index contributed by atoms with van der Waals surface area (Å²) in [6.07, 6.45) is 7.72. The number of ether oxygens (including phenoxy) is 1. The SMILES string of the molecule is C=CCC(CC)(CC)C(=O)O.C=CCC(CC)(CC)C(=O)OCC.[Na+].[OH-]. The molecule has 0 saturated carbocycles. The number of carboxylic acid groups (broad SMARTS) is 1. The van der Waals surface area contributed by atoms with Gasteiger partial charge in [-0.3, -0.25) is 9.59 Å². The van der Waals surface area contributed by atoms with Crippen molar-refractivity contribution in [2.75, 3.05) is 6.61 Å². The van der Waals surface area contributed by atoms with Gasteiger partial charge in [0.05, 0.1) is 17.4 Å². The maximum absolute atomic E-state index is 11.6. The Morgan fingerprint density at radius 2 is 1.23 bits per heavy atom. The van der Waals surface area contributed by atoms with Crippen LogP contribution in [-0.4, -0.2) is 29.1 Å². The first-order valence-electron chi connectivity index (χ1n) is 8.91. The van der Waals surface area contributed by atoms with E-state index in [9.17, 15) is 9.59 Å². The molecular formula is C20H37NaO5. The van der Waals surface area contributed by atoms with Gasteiger partial charge in [-0.2, -0.15) is 0 Å². The summed E-state index contributed by atoms with van der Waals surface area (Å²) in [7, 11) is 0. The molecule has 6 heteroatoms. The van der Waals surface area contributed by atoms with Gasteiger partial charge in [-0.25, -0.2) is 0 Å². The molecule has 0 aliphatic rings. The van der Waals surface area contributed by atoms with Gasteiger partial charge in [0.1, 0.15) is 0 Å². The minimum absolute atomic E-state index is 0. The van der Waals surface area contributed by atoms with Gasteiger partial charge in [0, 0.05) is 0 Å². The molecular weight excluding hydrogens is 343 g/mol. The Morgan fingerprint density at radius 1 is 0.885 bits per heavy atom. The van der Waals surface area contributed by atoms with Crippen molar-refractivity contribution < 1.29 is 54.5 Å². The molecule has 0 atom stereocenters. The largest absolute Gasteiger partial charge is 1.00 e. The van der Waals surface area contributed by atoms with Crippen LogP contribution in [0, 0.1) is 10.8 Å². The predicted octanol–water partition coefficient (Wildman–Crippen LogP) is 2.21. The standard InChI is InChI=1S/C11H20O2.C9H16O2.Na.H2O/c1-5-9-11(6-2,7-3)10(12)13-8-4;1-4-7-9(5-2,6-3)8(10)11;;/h5H,1,6-9H2,2-4H3;4H,1,5-7H2,2-3H3,(H,10,11);;1H2/q;;+1;/p-1. The predicted molar refractivity (Wildman–Crippen MR) is 102 cm³/mol. The number of rotatable bonds is 11. The summed E-state index contributed by atoms with van der Waals surface area (Å²) >= 11 is 0. The molecule has 0 bridgehead atoms. The molecule has 0 spiro atoms. The zero-order chi connectivity index (χ0) is 19.2. The molecule has 0 fully saturated rings. The quantitative estimate of drug-likeness (QED) is 0.337. The molecule has 0 unspecified atom stereocenters. The van der Waals surface area contributed by atoms with Gasteiger partial charge in [0.25, 0.3) is 0 Å². The molecule has 0 aliphatic heterocycles. The van der Waals surface area contributed by atoms with Crippen molar-refractivity contribution in [3.63, 3.8) is 0 Å². The van der Waals surface area contributed by atoms with Gasteiger partial charge in [0.2, 0.25) is 0 Å². The number of carbonyl (C=O) groups excluding carboxylic acids is 1. The molecule has 0 rings (SSSR count). The van der Waals surface area contributed by atoms with E-state index < -0.39 is 11.4 Å². The normalized spacial score (nSPS) is 10.2. The van der Waals surface area contributed by atoms with Crippen LogP contribution in [0.4, 0.5) is 0 Å². The average molecular weight is 381 g/mol. The summed E-state index contributed by atoms with van der Waals surface area (Å²) in [5.74, 6) is -0.790. The van der Waals surface area contributed by atoms with Crippen molar-refractivity contribution in [2.24, 2.45) is 10.8 Å². The van der Waals surface area contributed by atoms with Gasteiger partial charge >= 0.3 is 41.5 Å². The summed E-state index contributed by atoms with van der Waals surface area (Å²) < 4.78 is 5.06. The van der Waals surface area contributed by atoms with Crippen LogP contribution in [0.1, 0.15) is 73.1 Å². The van der Waals surface area contributed by atoms with Crippen LogP contribution in [0.2, 0.25) is 0 Å². The van der Waals surface area contributed by atoms with Crippen LogP contribution in [0.25, 0.3) is 0 Å². The smallest absolute Gasteiger partial charge is 0.870 e. The fourth-order valence-electron chi connectivity index (χ4n) is 2.68. The second kappa shape index (κ2) is 17.8. The molecule has 0 aliphatic carbocycles. The van der Waals surface area contributed by atoms with Crippen LogP contribution < -0.4 is 29.6 Å². The first-order chi connectivity index (χ1) is 11.3.